The fourth-order valence-corrected chi connectivity index (χ4v) is 3.89. The number of para-hydroxylation sites is 1. The summed E-state index contributed by atoms with van der Waals surface area (Å²) in [5.41, 5.74) is 3.24. The number of benzene rings is 1. The molecule has 2 aliphatic rings. The van der Waals surface area contributed by atoms with Crippen molar-refractivity contribution < 1.29 is 9.47 Å². The van der Waals surface area contributed by atoms with E-state index in [-0.39, 0.29) is 0 Å². The number of morpholine rings is 1. The van der Waals surface area contributed by atoms with Gasteiger partial charge < -0.3 is 19.3 Å². The highest BCUT2D eigenvalue weighted by Gasteiger charge is 2.29. The molecule has 0 unspecified atom stereocenters. The third-order valence-corrected chi connectivity index (χ3v) is 5.46. The van der Waals surface area contributed by atoms with Gasteiger partial charge in [-0.1, -0.05) is 24.3 Å². The Bertz CT molecular complexity index is 978. The second kappa shape index (κ2) is 8.67. The Morgan fingerprint density at radius 2 is 1.77 bits per heavy atom. The average Bonchev–Trinajstić information content (AvgIpc) is 3.25. The lowest BCUT2D eigenvalue weighted by Crippen LogP contribution is -2.37. The van der Waals surface area contributed by atoms with Crippen LogP contribution in [-0.2, 0) is 17.6 Å². The molecule has 5 rings (SSSR count). The fraction of sp³-hybridized carbons (Fsp3) is 0.348. The normalized spacial score (nSPS) is 15.9. The van der Waals surface area contributed by atoms with Crippen LogP contribution in [0.2, 0.25) is 0 Å². The van der Waals surface area contributed by atoms with Gasteiger partial charge in [-0.2, -0.15) is 9.97 Å². The number of nitrogens with zero attached hydrogens (tertiary/aromatic N) is 5. The van der Waals surface area contributed by atoms with Crippen molar-refractivity contribution in [2.75, 3.05) is 49.3 Å². The van der Waals surface area contributed by atoms with Gasteiger partial charge in [-0.25, -0.2) is 0 Å². The molecule has 1 saturated heterocycles. The molecule has 0 atom stereocenters. The quantitative estimate of drug-likeness (QED) is 0.627. The number of hydrogen-bond acceptors (Lipinski definition) is 7. The van der Waals surface area contributed by atoms with Crippen LogP contribution in [-0.4, -0.2) is 54.4 Å². The zero-order valence-electron chi connectivity index (χ0n) is 16.9. The van der Waals surface area contributed by atoms with E-state index in [9.17, 15) is 0 Å². The van der Waals surface area contributed by atoms with Crippen LogP contribution in [0.15, 0.2) is 54.7 Å². The van der Waals surface area contributed by atoms with E-state index >= 15 is 0 Å². The number of fused-ring (bicyclic) bond motifs is 1. The second-order valence-corrected chi connectivity index (χ2v) is 7.39. The zero-order chi connectivity index (χ0) is 20.2. The van der Waals surface area contributed by atoms with Crippen LogP contribution in [0.1, 0.15) is 11.3 Å². The molecule has 0 amide bonds. The molecule has 3 aromatic rings. The summed E-state index contributed by atoms with van der Waals surface area (Å²) in [5.74, 6) is 2.36. The molecule has 2 aliphatic heterocycles. The minimum absolute atomic E-state index is 0.536. The number of aromatic nitrogens is 3. The Balaban J connectivity index is 1.44. The van der Waals surface area contributed by atoms with Crippen molar-refractivity contribution in [2.24, 2.45) is 0 Å². The van der Waals surface area contributed by atoms with Gasteiger partial charge in [-0.15, -0.1) is 0 Å². The van der Waals surface area contributed by atoms with Crippen molar-refractivity contribution in [2.45, 2.75) is 12.8 Å². The Hall–Kier alpha value is -3.19. The van der Waals surface area contributed by atoms with E-state index in [0.717, 1.165) is 55.2 Å². The number of rotatable bonds is 6. The van der Waals surface area contributed by atoms with E-state index in [2.05, 4.69) is 39.0 Å². The van der Waals surface area contributed by atoms with Crippen molar-refractivity contribution in [3.05, 3.63) is 66.0 Å². The first-order valence-electron chi connectivity index (χ1n) is 10.5. The standard InChI is InChI=1S/C23H25N5O2/c1-2-7-19(8-3-1)28-12-9-20-21(28)25-23(27-13-16-29-17-14-27)26-22(20)30-15-10-18-6-4-5-11-24-18/h1-8,11H,9-10,12-17H2. The van der Waals surface area contributed by atoms with Crippen molar-refractivity contribution in [1.82, 2.24) is 15.0 Å². The third kappa shape index (κ3) is 3.93. The van der Waals surface area contributed by atoms with Crippen molar-refractivity contribution >= 4 is 17.5 Å². The molecule has 0 spiro atoms. The SMILES string of the molecule is c1ccc(N2CCc3c(OCCc4ccccn4)nc(N4CCOCC4)nc32)cc1. The summed E-state index contributed by atoms with van der Waals surface area (Å²) in [6.07, 6.45) is 3.42. The van der Waals surface area contributed by atoms with Gasteiger partial charge in [0, 0.05) is 43.6 Å². The molecule has 2 aromatic heterocycles. The smallest absolute Gasteiger partial charge is 0.230 e. The van der Waals surface area contributed by atoms with Crippen LogP contribution in [0.25, 0.3) is 0 Å². The molecular formula is C23H25N5O2. The largest absolute Gasteiger partial charge is 0.477 e. The summed E-state index contributed by atoms with van der Waals surface area (Å²) in [4.78, 5) is 18.6. The molecule has 4 heterocycles. The Labute approximate surface area is 176 Å². The average molecular weight is 403 g/mol. The molecule has 154 valence electrons. The minimum Gasteiger partial charge on any atom is -0.477 e. The summed E-state index contributed by atoms with van der Waals surface area (Å²) in [6.45, 7) is 4.37. The maximum absolute atomic E-state index is 6.19. The van der Waals surface area contributed by atoms with Gasteiger partial charge in [-0.05, 0) is 30.7 Å². The van der Waals surface area contributed by atoms with Crippen molar-refractivity contribution in [3.8, 4) is 5.88 Å². The van der Waals surface area contributed by atoms with Crippen molar-refractivity contribution in [1.29, 1.82) is 0 Å². The van der Waals surface area contributed by atoms with E-state index in [0.29, 0.717) is 31.6 Å². The fourth-order valence-electron chi connectivity index (χ4n) is 3.89. The number of anilines is 3. The monoisotopic (exact) mass is 403 g/mol. The molecule has 0 N–H and O–H groups in total. The summed E-state index contributed by atoms with van der Waals surface area (Å²) in [6, 6.07) is 16.3. The van der Waals surface area contributed by atoms with E-state index in [1.54, 1.807) is 0 Å². The maximum atomic E-state index is 6.19. The highest BCUT2D eigenvalue weighted by atomic mass is 16.5. The van der Waals surface area contributed by atoms with E-state index < -0.39 is 0 Å². The van der Waals surface area contributed by atoms with Gasteiger partial charge in [0.15, 0.2) is 0 Å². The molecule has 0 aliphatic carbocycles. The first-order valence-corrected chi connectivity index (χ1v) is 10.5. The molecule has 7 nitrogen and oxygen atoms in total. The van der Waals surface area contributed by atoms with Gasteiger partial charge in [-0.3, -0.25) is 4.98 Å². The Kier molecular flexibility index (Phi) is 5.44. The van der Waals surface area contributed by atoms with Crippen molar-refractivity contribution in [3.63, 3.8) is 0 Å². The van der Waals surface area contributed by atoms with Crippen LogP contribution >= 0.6 is 0 Å². The summed E-state index contributed by atoms with van der Waals surface area (Å²) in [5, 5.41) is 0. The van der Waals surface area contributed by atoms with Crippen LogP contribution < -0.4 is 14.5 Å². The number of ether oxygens (including phenoxy) is 2. The van der Waals surface area contributed by atoms with Gasteiger partial charge in [0.1, 0.15) is 5.82 Å². The topological polar surface area (TPSA) is 63.6 Å². The Morgan fingerprint density at radius 1 is 0.933 bits per heavy atom. The lowest BCUT2D eigenvalue weighted by atomic mass is 10.2. The van der Waals surface area contributed by atoms with Crippen LogP contribution in [0.3, 0.4) is 0 Å². The highest BCUT2D eigenvalue weighted by Crippen LogP contribution is 2.38. The summed E-state index contributed by atoms with van der Waals surface area (Å²) in [7, 11) is 0. The van der Waals surface area contributed by atoms with Crippen LogP contribution in [0.4, 0.5) is 17.5 Å². The first kappa shape index (κ1) is 18.8. The molecule has 1 aromatic carbocycles. The molecule has 0 bridgehead atoms. The zero-order valence-corrected chi connectivity index (χ0v) is 16.9. The summed E-state index contributed by atoms with van der Waals surface area (Å²) < 4.78 is 11.7. The van der Waals surface area contributed by atoms with Gasteiger partial charge >= 0.3 is 0 Å². The minimum atomic E-state index is 0.536. The first-order chi connectivity index (χ1) is 14.9. The molecule has 30 heavy (non-hydrogen) atoms. The highest BCUT2D eigenvalue weighted by molar-refractivity contribution is 5.69. The maximum Gasteiger partial charge on any atom is 0.230 e. The lowest BCUT2D eigenvalue weighted by molar-refractivity contribution is 0.122. The van der Waals surface area contributed by atoms with E-state index in [1.807, 2.05) is 30.5 Å². The van der Waals surface area contributed by atoms with Gasteiger partial charge in [0.05, 0.1) is 25.4 Å². The van der Waals surface area contributed by atoms with E-state index in [1.165, 1.54) is 0 Å². The summed E-state index contributed by atoms with van der Waals surface area (Å²) >= 11 is 0. The Morgan fingerprint density at radius 3 is 2.57 bits per heavy atom. The van der Waals surface area contributed by atoms with Gasteiger partial charge in [0.25, 0.3) is 0 Å². The number of hydrogen-bond donors (Lipinski definition) is 0. The van der Waals surface area contributed by atoms with Crippen LogP contribution in [0.5, 0.6) is 5.88 Å². The molecule has 0 saturated carbocycles. The number of pyridine rings is 1. The van der Waals surface area contributed by atoms with Gasteiger partial charge in [0.2, 0.25) is 11.8 Å². The molecular weight excluding hydrogens is 378 g/mol. The predicted molar refractivity (Wildman–Crippen MR) is 116 cm³/mol. The third-order valence-electron chi connectivity index (χ3n) is 5.46. The lowest BCUT2D eigenvalue weighted by Gasteiger charge is -2.28. The predicted octanol–water partition coefficient (Wildman–Crippen LogP) is 3.02. The second-order valence-electron chi connectivity index (χ2n) is 7.39. The molecule has 7 heteroatoms. The molecule has 1 fully saturated rings. The van der Waals surface area contributed by atoms with Crippen LogP contribution in [0, 0.1) is 0 Å². The van der Waals surface area contributed by atoms with E-state index in [4.69, 9.17) is 19.4 Å². The molecule has 0 radical (unpaired) electrons.